The number of carbonyl (C=O) groups excluding carboxylic acids is 1. The maximum absolute atomic E-state index is 12.1. The first-order valence-electron chi connectivity index (χ1n) is 7.00. The van der Waals surface area contributed by atoms with Crippen LogP contribution in [-0.4, -0.2) is 55.5 Å². The van der Waals surface area contributed by atoms with E-state index in [0.717, 1.165) is 31.7 Å². The first-order valence-corrected chi connectivity index (χ1v) is 7.38. The molecule has 1 heterocycles. The van der Waals surface area contributed by atoms with Gasteiger partial charge >= 0.3 is 0 Å². The summed E-state index contributed by atoms with van der Waals surface area (Å²) >= 11 is 5.86. The van der Waals surface area contributed by atoms with Crippen molar-refractivity contribution >= 4 is 17.5 Å². The number of nitrogens with one attached hydrogen (secondary N) is 1. The molecular formula is C15H22ClN3O. The third-order valence-corrected chi connectivity index (χ3v) is 3.96. The van der Waals surface area contributed by atoms with Gasteiger partial charge in [-0.05, 0) is 31.7 Å². The van der Waals surface area contributed by atoms with Crippen LogP contribution in [0.1, 0.15) is 18.5 Å². The quantitative estimate of drug-likeness (QED) is 0.919. The summed E-state index contributed by atoms with van der Waals surface area (Å²) < 4.78 is 0. The van der Waals surface area contributed by atoms with Gasteiger partial charge in [0.1, 0.15) is 0 Å². The average Bonchev–Trinajstić information content (AvgIpc) is 2.42. The normalized spacial score (nSPS) is 18.8. The zero-order chi connectivity index (χ0) is 14.5. The second-order valence-electron chi connectivity index (χ2n) is 5.42. The summed E-state index contributed by atoms with van der Waals surface area (Å²) in [6.45, 7) is 6.44. The van der Waals surface area contributed by atoms with Crippen LogP contribution in [0.2, 0.25) is 5.02 Å². The molecule has 4 nitrogen and oxygen atoms in total. The average molecular weight is 296 g/mol. The topological polar surface area (TPSA) is 35.6 Å². The first-order chi connectivity index (χ1) is 9.54. The summed E-state index contributed by atoms with van der Waals surface area (Å²) in [4.78, 5) is 16.5. The number of benzene rings is 1. The monoisotopic (exact) mass is 295 g/mol. The highest BCUT2D eigenvalue weighted by molar-refractivity contribution is 6.30. The number of halogens is 1. The lowest BCUT2D eigenvalue weighted by atomic mass is 10.1. The zero-order valence-electron chi connectivity index (χ0n) is 12.1. The van der Waals surface area contributed by atoms with E-state index < -0.39 is 0 Å². The Morgan fingerprint density at radius 3 is 2.45 bits per heavy atom. The van der Waals surface area contributed by atoms with E-state index >= 15 is 0 Å². The Hall–Kier alpha value is -1.10. The van der Waals surface area contributed by atoms with Crippen molar-refractivity contribution in [3.8, 4) is 0 Å². The molecule has 1 atom stereocenters. The van der Waals surface area contributed by atoms with Gasteiger partial charge in [-0.25, -0.2) is 0 Å². The Balaban J connectivity index is 1.80. The van der Waals surface area contributed by atoms with Gasteiger partial charge in [0, 0.05) is 31.2 Å². The third-order valence-electron chi connectivity index (χ3n) is 3.71. The van der Waals surface area contributed by atoms with Crippen LogP contribution in [0.4, 0.5) is 0 Å². The van der Waals surface area contributed by atoms with E-state index in [1.165, 1.54) is 0 Å². The molecule has 0 aliphatic carbocycles. The summed E-state index contributed by atoms with van der Waals surface area (Å²) in [7, 11) is 2.11. The fourth-order valence-corrected chi connectivity index (χ4v) is 2.46. The molecule has 1 aromatic rings. The van der Waals surface area contributed by atoms with Gasteiger partial charge in [0.25, 0.3) is 0 Å². The van der Waals surface area contributed by atoms with E-state index in [-0.39, 0.29) is 11.9 Å². The minimum atomic E-state index is 0.00670. The van der Waals surface area contributed by atoms with Crippen molar-refractivity contribution in [1.82, 2.24) is 15.1 Å². The maximum Gasteiger partial charge on any atom is 0.234 e. The lowest BCUT2D eigenvalue weighted by Gasteiger charge is -2.32. The van der Waals surface area contributed by atoms with Crippen molar-refractivity contribution in [1.29, 1.82) is 0 Å². The SMILES string of the molecule is C[C@H](NC(=O)CN1CCN(C)CC1)c1ccc(Cl)cc1. The predicted octanol–water partition coefficient (Wildman–Crippen LogP) is 1.76. The largest absolute Gasteiger partial charge is 0.348 e. The van der Waals surface area contributed by atoms with E-state index in [1.54, 1.807) is 0 Å². The molecule has 0 unspecified atom stereocenters. The molecule has 0 bridgehead atoms. The van der Waals surface area contributed by atoms with Crippen LogP contribution < -0.4 is 5.32 Å². The van der Waals surface area contributed by atoms with E-state index in [4.69, 9.17) is 11.6 Å². The summed E-state index contributed by atoms with van der Waals surface area (Å²) in [5, 5.41) is 3.75. The third kappa shape index (κ3) is 4.47. The van der Waals surface area contributed by atoms with Crippen LogP contribution in [0.25, 0.3) is 0 Å². The summed E-state index contributed by atoms with van der Waals surface area (Å²) in [5.41, 5.74) is 1.07. The number of amides is 1. The minimum Gasteiger partial charge on any atom is -0.348 e. The molecule has 0 radical (unpaired) electrons. The molecule has 1 saturated heterocycles. The molecule has 1 fully saturated rings. The van der Waals surface area contributed by atoms with Crippen LogP contribution in [0.15, 0.2) is 24.3 Å². The number of likely N-dealkylation sites (N-methyl/N-ethyl adjacent to an activating group) is 1. The first kappa shape index (κ1) is 15.3. The lowest BCUT2D eigenvalue weighted by Crippen LogP contribution is -2.48. The Labute approximate surface area is 125 Å². The summed E-state index contributed by atoms with van der Waals surface area (Å²) in [5.74, 6) is 0.0806. The second kappa shape index (κ2) is 7.07. The molecule has 1 aliphatic heterocycles. The number of carbonyl (C=O) groups is 1. The number of rotatable bonds is 4. The van der Waals surface area contributed by atoms with E-state index in [0.29, 0.717) is 11.6 Å². The van der Waals surface area contributed by atoms with E-state index in [1.807, 2.05) is 31.2 Å². The van der Waals surface area contributed by atoms with Gasteiger partial charge < -0.3 is 10.2 Å². The van der Waals surface area contributed by atoms with Gasteiger partial charge in [0.2, 0.25) is 5.91 Å². The van der Waals surface area contributed by atoms with Crippen molar-refractivity contribution in [2.75, 3.05) is 39.8 Å². The maximum atomic E-state index is 12.1. The van der Waals surface area contributed by atoms with Gasteiger partial charge in [-0.1, -0.05) is 23.7 Å². The highest BCUT2D eigenvalue weighted by atomic mass is 35.5. The zero-order valence-corrected chi connectivity index (χ0v) is 12.9. The Morgan fingerprint density at radius 1 is 1.25 bits per heavy atom. The highest BCUT2D eigenvalue weighted by Crippen LogP contribution is 2.15. The van der Waals surface area contributed by atoms with Crippen LogP contribution in [-0.2, 0) is 4.79 Å². The molecule has 0 aromatic heterocycles. The van der Waals surface area contributed by atoms with E-state index in [2.05, 4.69) is 22.2 Å². The van der Waals surface area contributed by atoms with Gasteiger partial charge in [0.05, 0.1) is 12.6 Å². The van der Waals surface area contributed by atoms with Crippen LogP contribution >= 0.6 is 11.6 Å². The number of nitrogens with zero attached hydrogens (tertiary/aromatic N) is 2. The van der Waals surface area contributed by atoms with Crippen LogP contribution in [0, 0.1) is 0 Å². The van der Waals surface area contributed by atoms with Crippen molar-refractivity contribution in [3.63, 3.8) is 0 Å². The fraction of sp³-hybridized carbons (Fsp3) is 0.533. The van der Waals surface area contributed by atoms with Crippen LogP contribution in [0.5, 0.6) is 0 Å². The molecule has 110 valence electrons. The second-order valence-corrected chi connectivity index (χ2v) is 5.86. The van der Waals surface area contributed by atoms with Gasteiger partial charge in [-0.3, -0.25) is 9.69 Å². The van der Waals surface area contributed by atoms with Crippen LogP contribution in [0.3, 0.4) is 0 Å². The Morgan fingerprint density at radius 2 is 1.85 bits per heavy atom. The fourth-order valence-electron chi connectivity index (χ4n) is 2.33. The minimum absolute atomic E-state index is 0.00670. The Bertz CT molecular complexity index is 441. The van der Waals surface area contributed by atoms with Gasteiger partial charge in [0.15, 0.2) is 0 Å². The summed E-state index contributed by atoms with van der Waals surface area (Å²) in [6.07, 6.45) is 0. The standard InChI is InChI=1S/C15H22ClN3O/c1-12(13-3-5-14(16)6-4-13)17-15(20)11-19-9-7-18(2)8-10-19/h3-6,12H,7-11H2,1-2H3,(H,17,20)/t12-/m0/s1. The molecule has 1 amide bonds. The number of hydrogen-bond donors (Lipinski definition) is 1. The molecule has 1 N–H and O–H groups in total. The number of hydrogen-bond acceptors (Lipinski definition) is 3. The van der Waals surface area contributed by atoms with Crippen molar-refractivity contribution in [2.45, 2.75) is 13.0 Å². The van der Waals surface area contributed by atoms with Gasteiger partial charge in [-0.15, -0.1) is 0 Å². The molecule has 5 heteroatoms. The number of piperazine rings is 1. The molecule has 20 heavy (non-hydrogen) atoms. The lowest BCUT2D eigenvalue weighted by molar-refractivity contribution is -0.123. The van der Waals surface area contributed by atoms with Crippen molar-refractivity contribution in [2.24, 2.45) is 0 Å². The molecule has 1 aliphatic rings. The molecular weight excluding hydrogens is 274 g/mol. The van der Waals surface area contributed by atoms with Gasteiger partial charge in [-0.2, -0.15) is 0 Å². The molecule has 0 saturated carbocycles. The molecule has 0 spiro atoms. The summed E-state index contributed by atoms with van der Waals surface area (Å²) in [6, 6.07) is 7.60. The van der Waals surface area contributed by atoms with Crippen molar-refractivity contribution in [3.05, 3.63) is 34.9 Å². The smallest absolute Gasteiger partial charge is 0.234 e. The molecule has 1 aromatic carbocycles. The molecule has 2 rings (SSSR count). The Kier molecular flexibility index (Phi) is 5.40. The van der Waals surface area contributed by atoms with E-state index in [9.17, 15) is 4.79 Å². The van der Waals surface area contributed by atoms with Crippen molar-refractivity contribution < 1.29 is 4.79 Å². The highest BCUT2D eigenvalue weighted by Gasteiger charge is 2.17. The predicted molar refractivity (Wildman–Crippen MR) is 81.9 cm³/mol.